The maximum absolute atomic E-state index is 13.5. The van der Waals surface area contributed by atoms with Crippen molar-refractivity contribution in [1.82, 2.24) is 20.5 Å². The molecule has 2 N–H and O–H groups in total. The summed E-state index contributed by atoms with van der Waals surface area (Å²) >= 11 is 0. The summed E-state index contributed by atoms with van der Waals surface area (Å²) in [5, 5.41) is 4.96. The molecule has 0 radical (unpaired) electrons. The maximum atomic E-state index is 13.5. The molecule has 3 aliphatic heterocycles. The number of carbonyl (C=O) groups excluding carboxylic acids is 3. The minimum absolute atomic E-state index is 0.116. The molecule has 9 heteroatoms. The first-order chi connectivity index (χ1) is 22.3. The number of nitrogens with one attached hydrogen (secondary N) is 2. The zero-order chi connectivity index (χ0) is 32.3. The lowest BCUT2D eigenvalue weighted by atomic mass is 9.92. The van der Waals surface area contributed by atoms with E-state index < -0.39 is 17.5 Å². The molecule has 3 aromatic rings. The summed E-state index contributed by atoms with van der Waals surface area (Å²) < 4.78 is 5.41. The van der Waals surface area contributed by atoms with Crippen molar-refractivity contribution in [1.29, 1.82) is 0 Å². The number of carbonyl (C=O) groups is 3. The predicted octanol–water partition coefficient (Wildman–Crippen LogP) is 5.39. The number of imide groups is 1. The van der Waals surface area contributed by atoms with Gasteiger partial charge in [-0.15, -0.1) is 0 Å². The minimum atomic E-state index is -1.61. The SMILES string of the molecule is C=Cc1c(OC)ccc2c1C(=O)N(CC1(C#Cc3ccc(-c4cccc(N5CCC(CCCC)CC5)n4)cc3)NC(=O)NC1=O)C2. The Labute approximate surface area is 270 Å². The van der Waals surface area contributed by atoms with Gasteiger partial charge in [0.25, 0.3) is 11.8 Å². The van der Waals surface area contributed by atoms with Crippen LogP contribution in [0.4, 0.5) is 10.6 Å². The Morgan fingerprint density at radius 2 is 1.87 bits per heavy atom. The second-order valence-corrected chi connectivity index (χ2v) is 12.2. The predicted molar refractivity (Wildman–Crippen MR) is 178 cm³/mol. The molecule has 0 aliphatic carbocycles. The normalized spacial score (nSPS) is 19.3. The highest BCUT2D eigenvalue weighted by Crippen LogP contribution is 2.34. The molecule has 2 aromatic carbocycles. The van der Waals surface area contributed by atoms with Gasteiger partial charge >= 0.3 is 6.03 Å². The van der Waals surface area contributed by atoms with Crippen molar-refractivity contribution in [3.63, 3.8) is 0 Å². The van der Waals surface area contributed by atoms with Crippen LogP contribution in [0.1, 0.15) is 66.1 Å². The lowest BCUT2D eigenvalue weighted by molar-refractivity contribution is -0.122. The molecule has 2 fully saturated rings. The van der Waals surface area contributed by atoms with Crippen molar-refractivity contribution < 1.29 is 19.1 Å². The van der Waals surface area contributed by atoms with E-state index in [1.807, 2.05) is 42.5 Å². The lowest BCUT2D eigenvalue weighted by Gasteiger charge is -2.33. The van der Waals surface area contributed by atoms with Crippen molar-refractivity contribution in [2.75, 3.05) is 31.6 Å². The van der Waals surface area contributed by atoms with Crippen LogP contribution in [-0.2, 0) is 11.3 Å². The van der Waals surface area contributed by atoms with Crippen LogP contribution in [-0.4, -0.2) is 60.0 Å². The molecule has 0 bridgehead atoms. The molecule has 2 saturated heterocycles. The molecule has 46 heavy (non-hydrogen) atoms. The number of ether oxygens (including phenoxy) is 1. The summed E-state index contributed by atoms with van der Waals surface area (Å²) in [6.07, 6.45) is 7.89. The van der Waals surface area contributed by atoms with Crippen LogP contribution in [0, 0.1) is 17.8 Å². The standard InChI is InChI=1S/C37H39N5O4/c1-4-6-8-25-18-21-41(22-19-25)32-10-7-9-30(38-32)27-13-11-26(12-14-27)17-20-37(35(44)39-36(45)40-37)24-42-23-28-15-16-31(46-3)29(5-2)33(28)34(42)43/h5,7,9-16,25H,2,4,6,8,18-19,21-24H2,1,3H3,(H2,39,40,44,45). The monoisotopic (exact) mass is 617 g/mol. The number of anilines is 1. The molecule has 1 aromatic heterocycles. The number of piperidine rings is 1. The third kappa shape index (κ3) is 6.08. The molecule has 6 rings (SSSR count). The zero-order valence-electron chi connectivity index (χ0n) is 26.4. The fraction of sp³-hybridized carbons (Fsp3) is 0.351. The van der Waals surface area contributed by atoms with Gasteiger partial charge in [0.2, 0.25) is 5.54 Å². The number of methoxy groups -OCH3 is 1. The second-order valence-electron chi connectivity index (χ2n) is 12.2. The quantitative estimate of drug-likeness (QED) is 0.247. The third-order valence-corrected chi connectivity index (χ3v) is 9.19. The molecule has 1 atom stereocenters. The van der Waals surface area contributed by atoms with Crippen LogP contribution in [0.15, 0.2) is 61.2 Å². The number of pyridine rings is 1. The summed E-state index contributed by atoms with van der Waals surface area (Å²) in [5.41, 5.74) is 2.76. The van der Waals surface area contributed by atoms with Gasteiger partial charge in [-0.2, -0.15) is 0 Å². The number of fused-ring (bicyclic) bond motifs is 1. The minimum Gasteiger partial charge on any atom is -0.496 e. The number of hydrogen-bond donors (Lipinski definition) is 2. The van der Waals surface area contributed by atoms with Gasteiger partial charge in [-0.05, 0) is 54.7 Å². The van der Waals surface area contributed by atoms with Crippen LogP contribution >= 0.6 is 0 Å². The highest BCUT2D eigenvalue weighted by atomic mass is 16.5. The smallest absolute Gasteiger partial charge is 0.323 e. The summed E-state index contributed by atoms with van der Waals surface area (Å²) in [6.45, 7) is 8.31. The Morgan fingerprint density at radius 1 is 1.09 bits per heavy atom. The largest absolute Gasteiger partial charge is 0.496 e. The number of hydrogen-bond acceptors (Lipinski definition) is 6. The van der Waals surface area contributed by atoms with E-state index in [0.717, 1.165) is 41.6 Å². The first-order valence-corrected chi connectivity index (χ1v) is 15.9. The van der Waals surface area contributed by atoms with E-state index in [1.165, 1.54) is 44.1 Å². The average molecular weight is 618 g/mol. The van der Waals surface area contributed by atoms with Crippen molar-refractivity contribution in [3.8, 4) is 28.8 Å². The van der Waals surface area contributed by atoms with E-state index in [9.17, 15) is 14.4 Å². The number of benzene rings is 2. The third-order valence-electron chi connectivity index (χ3n) is 9.19. The Morgan fingerprint density at radius 3 is 2.54 bits per heavy atom. The Kier molecular flexibility index (Phi) is 8.80. The molecule has 1 unspecified atom stereocenters. The molecule has 4 heterocycles. The number of rotatable bonds is 9. The molecule has 0 spiro atoms. The molecule has 236 valence electrons. The summed E-state index contributed by atoms with van der Waals surface area (Å²) in [4.78, 5) is 47.8. The topological polar surface area (TPSA) is 104 Å². The molecular formula is C37H39N5O4. The summed E-state index contributed by atoms with van der Waals surface area (Å²) in [6, 6.07) is 16.8. The van der Waals surface area contributed by atoms with E-state index >= 15 is 0 Å². The van der Waals surface area contributed by atoms with Crippen molar-refractivity contribution in [2.45, 2.75) is 51.1 Å². The van der Waals surface area contributed by atoms with Gasteiger partial charge in [0, 0.05) is 36.3 Å². The van der Waals surface area contributed by atoms with E-state index in [0.29, 0.717) is 22.4 Å². The van der Waals surface area contributed by atoms with E-state index in [1.54, 1.807) is 12.1 Å². The first kappa shape index (κ1) is 30.9. The number of unbranched alkanes of at least 4 members (excludes halogenated alkanes) is 1. The van der Waals surface area contributed by atoms with Crippen molar-refractivity contribution >= 4 is 29.7 Å². The van der Waals surface area contributed by atoms with Crippen LogP contribution in [0.3, 0.4) is 0 Å². The lowest BCUT2D eigenvalue weighted by Crippen LogP contribution is -2.54. The van der Waals surface area contributed by atoms with Crippen LogP contribution in [0.2, 0.25) is 0 Å². The van der Waals surface area contributed by atoms with Gasteiger partial charge in [0.15, 0.2) is 0 Å². The second kappa shape index (κ2) is 13.1. The highest BCUT2D eigenvalue weighted by molar-refractivity contribution is 6.10. The van der Waals surface area contributed by atoms with E-state index in [-0.39, 0.29) is 19.0 Å². The summed E-state index contributed by atoms with van der Waals surface area (Å²) in [7, 11) is 1.54. The Hall–Kier alpha value is -5.10. The molecule has 3 aliphatic rings. The molecule has 0 saturated carbocycles. The van der Waals surface area contributed by atoms with Gasteiger partial charge in [0.05, 0.1) is 24.9 Å². The Balaban J connectivity index is 1.18. The number of nitrogens with zero attached hydrogens (tertiary/aromatic N) is 3. The highest BCUT2D eigenvalue weighted by Gasteiger charge is 2.48. The van der Waals surface area contributed by atoms with Crippen LogP contribution in [0.25, 0.3) is 17.3 Å². The number of amides is 4. The van der Waals surface area contributed by atoms with Crippen LogP contribution < -0.4 is 20.3 Å². The van der Waals surface area contributed by atoms with Gasteiger partial charge < -0.3 is 19.9 Å². The van der Waals surface area contributed by atoms with E-state index in [2.05, 4.69) is 46.9 Å². The zero-order valence-corrected chi connectivity index (χ0v) is 26.4. The van der Waals surface area contributed by atoms with Gasteiger partial charge in [-0.1, -0.05) is 74.9 Å². The van der Waals surface area contributed by atoms with Crippen LogP contribution in [0.5, 0.6) is 5.75 Å². The molecule has 4 amide bonds. The van der Waals surface area contributed by atoms with Crippen molar-refractivity contribution in [2.24, 2.45) is 5.92 Å². The fourth-order valence-corrected chi connectivity index (χ4v) is 6.60. The molecule has 9 nitrogen and oxygen atoms in total. The first-order valence-electron chi connectivity index (χ1n) is 15.9. The van der Waals surface area contributed by atoms with Gasteiger partial charge in [-0.3, -0.25) is 14.9 Å². The Bertz CT molecular complexity index is 1730. The maximum Gasteiger partial charge on any atom is 0.323 e. The van der Waals surface area contributed by atoms with Gasteiger partial charge in [-0.25, -0.2) is 9.78 Å². The number of aromatic nitrogens is 1. The van der Waals surface area contributed by atoms with E-state index in [4.69, 9.17) is 9.72 Å². The average Bonchev–Trinajstić information content (AvgIpc) is 3.55. The molecular weight excluding hydrogens is 578 g/mol. The van der Waals surface area contributed by atoms with Crippen molar-refractivity contribution in [3.05, 3.63) is 83.4 Å². The fourth-order valence-electron chi connectivity index (χ4n) is 6.60. The summed E-state index contributed by atoms with van der Waals surface area (Å²) in [5.74, 6) is 7.53. The number of urea groups is 1. The van der Waals surface area contributed by atoms with Gasteiger partial charge in [0.1, 0.15) is 11.6 Å².